The molecule has 7 nitrogen and oxygen atoms in total. The molecule has 5 rings (SSSR count). The summed E-state index contributed by atoms with van der Waals surface area (Å²) >= 11 is 0. The Balaban J connectivity index is 1.38. The summed E-state index contributed by atoms with van der Waals surface area (Å²) in [5.41, 5.74) is 12.7. The van der Waals surface area contributed by atoms with Crippen LogP contribution in [-0.4, -0.2) is 29.5 Å². The van der Waals surface area contributed by atoms with Crippen LogP contribution in [0.25, 0.3) is 11.0 Å². The Morgan fingerprint density at radius 1 is 1.11 bits per heavy atom. The number of nitrogens with two attached hydrogens (primary N) is 1. The zero-order valence-corrected chi connectivity index (χ0v) is 22.0. The van der Waals surface area contributed by atoms with E-state index in [0.717, 1.165) is 50.2 Å². The van der Waals surface area contributed by atoms with Gasteiger partial charge in [0.1, 0.15) is 17.1 Å². The van der Waals surface area contributed by atoms with E-state index in [1.807, 2.05) is 56.3 Å². The lowest BCUT2D eigenvalue weighted by molar-refractivity contribution is -0.123. The van der Waals surface area contributed by atoms with Crippen molar-refractivity contribution >= 4 is 28.5 Å². The van der Waals surface area contributed by atoms with Crippen LogP contribution in [0, 0.1) is 13.8 Å². The number of nitrogens with one attached hydrogen (secondary N) is 1. The van der Waals surface area contributed by atoms with Crippen LogP contribution >= 0.6 is 0 Å². The van der Waals surface area contributed by atoms with E-state index in [0.29, 0.717) is 25.8 Å². The minimum atomic E-state index is -0.745. The highest BCUT2D eigenvalue weighted by atomic mass is 16.3. The maximum atomic E-state index is 13.2. The topological polar surface area (TPSA) is 109 Å². The van der Waals surface area contributed by atoms with Gasteiger partial charge in [0, 0.05) is 31.0 Å². The fourth-order valence-electron chi connectivity index (χ4n) is 5.46. The number of carbonyl (C=O) groups is 2. The van der Waals surface area contributed by atoms with Gasteiger partial charge in [-0.1, -0.05) is 30.3 Å². The molecule has 0 unspecified atom stereocenters. The van der Waals surface area contributed by atoms with Crippen LogP contribution in [0.2, 0.25) is 0 Å². The lowest BCUT2D eigenvalue weighted by atomic mass is 9.92. The molecule has 0 aliphatic carbocycles. The molecule has 1 aliphatic heterocycles. The number of nitrogens with zero attached hydrogens (tertiary/aromatic N) is 1. The Bertz CT molecular complexity index is 1470. The van der Waals surface area contributed by atoms with Crippen LogP contribution in [0.15, 0.2) is 65.1 Å². The van der Waals surface area contributed by atoms with Crippen LogP contribution in [0.5, 0.6) is 5.75 Å². The van der Waals surface area contributed by atoms with Crippen molar-refractivity contribution in [1.29, 1.82) is 0 Å². The molecule has 4 N–H and O–H groups in total. The van der Waals surface area contributed by atoms with E-state index in [-0.39, 0.29) is 23.6 Å². The van der Waals surface area contributed by atoms with E-state index < -0.39 is 6.04 Å². The third kappa shape index (κ3) is 5.15. The van der Waals surface area contributed by atoms with Gasteiger partial charge in [-0.2, -0.15) is 0 Å². The highest BCUT2D eigenvalue weighted by Crippen LogP contribution is 2.35. The Hall–Kier alpha value is -4.10. The first-order valence-corrected chi connectivity index (χ1v) is 12.9. The lowest BCUT2D eigenvalue weighted by Gasteiger charge is -2.35. The van der Waals surface area contributed by atoms with Crippen LogP contribution in [0.3, 0.4) is 0 Å². The summed E-state index contributed by atoms with van der Waals surface area (Å²) in [5.74, 6) is 0.782. The Morgan fingerprint density at radius 2 is 1.84 bits per heavy atom. The molecule has 2 heterocycles. The van der Waals surface area contributed by atoms with Crippen molar-refractivity contribution in [3.05, 3.63) is 94.2 Å². The van der Waals surface area contributed by atoms with E-state index in [1.165, 1.54) is 0 Å². The maximum Gasteiger partial charge on any atom is 0.237 e. The molecule has 0 spiro atoms. The Morgan fingerprint density at radius 3 is 2.55 bits per heavy atom. The van der Waals surface area contributed by atoms with Gasteiger partial charge >= 0.3 is 0 Å². The quantitative estimate of drug-likeness (QED) is 0.344. The van der Waals surface area contributed by atoms with Crippen LogP contribution in [0.4, 0.5) is 5.69 Å². The second-order valence-electron chi connectivity index (χ2n) is 10.2. The van der Waals surface area contributed by atoms with Crippen molar-refractivity contribution in [3.8, 4) is 5.75 Å². The SMILES string of the molecule is CC(=O)N1CC[C@@H](NC(=O)[C@@H](N)Cc2c(C)cc(O)cc2C)c2cc(Cc3cc4ccccc4o3)ccc21. The van der Waals surface area contributed by atoms with Gasteiger partial charge in [0.15, 0.2) is 0 Å². The number of para-hydroxylation sites is 1. The Kier molecular flexibility index (Phi) is 6.95. The molecule has 7 heteroatoms. The zero-order valence-electron chi connectivity index (χ0n) is 22.0. The van der Waals surface area contributed by atoms with E-state index in [2.05, 4.69) is 11.4 Å². The molecule has 2 amide bonds. The molecular weight excluding hydrogens is 478 g/mol. The van der Waals surface area contributed by atoms with Gasteiger partial charge in [0.2, 0.25) is 11.8 Å². The Labute approximate surface area is 222 Å². The van der Waals surface area contributed by atoms with E-state index in [4.69, 9.17) is 10.2 Å². The normalized spacial score (nSPS) is 15.8. The largest absolute Gasteiger partial charge is 0.508 e. The number of phenolic OH excluding ortho intramolecular Hbond substituents is 1. The van der Waals surface area contributed by atoms with E-state index in [1.54, 1.807) is 24.0 Å². The number of anilines is 1. The van der Waals surface area contributed by atoms with Gasteiger partial charge in [-0.15, -0.1) is 0 Å². The van der Waals surface area contributed by atoms with Gasteiger partial charge in [-0.25, -0.2) is 0 Å². The molecule has 0 bridgehead atoms. The fraction of sp³-hybridized carbons (Fsp3) is 0.290. The minimum absolute atomic E-state index is 0.0314. The number of fused-ring (bicyclic) bond motifs is 2. The summed E-state index contributed by atoms with van der Waals surface area (Å²) in [6, 6.07) is 18.3. The van der Waals surface area contributed by atoms with Gasteiger partial charge in [-0.05, 0) is 84.8 Å². The molecule has 1 aromatic heterocycles. The molecule has 3 aromatic carbocycles. The average Bonchev–Trinajstić information content (AvgIpc) is 3.28. The molecule has 2 atom stereocenters. The first-order valence-electron chi connectivity index (χ1n) is 12.9. The fourth-order valence-corrected chi connectivity index (χ4v) is 5.46. The van der Waals surface area contributed by atoms with Gasteiger partial charge in [0.05, 0.1) is 12.1 Å². The third-order valence-corrected chi connectivity index (χ3v) is 7.39. The van der Waals surface area contributed by atoms with Crippen molar-refractivity contribution in [3.63, 3.8) is 0 Å². The summed E-state index contributed by atoms with van der Waals surface area (Å²) in [7, 11) is 0. The number of furan rings is 1. The van der Waals surface area contributed by atoms with Crippen LogP contribution in [-0.2, 0) is 22.4 Å². The smallest absolute Gasteiger partial charge is 0.237 e. The summed E-state index contributed by atoms with van der Waals surface area (Å²) < 4.78 is 6.01. The predicted octanol–water partition coefficient (Wildman–Crippen LogP) is 4.83. The molecular formula is C31H33N3O4. The van der Waals surface area contributed by atoms with Crippen molar-refractivity contribution in [2.24, 2.45) is 5.73 Å². The molecule has 1 aliphatic rings. The molecule has 0 saturated heterocycles. The molecule has 0 saturated carbocycles. The second-order valence-corrected chi connectivity index (χ2v) is 10.2. The summed E-state index contributed by atoms with van der Waals surface area (Å²) in [4.78, 5) is 27.3. The second kappa shape index (κ2) is 10.3. The molecule has 0 fully saturated rings. The lowest BCUT2D eigenvalue weighted by Crippen LogP contribution is -2.46. The summed E-state index contributed by atoms with van der Waals surface area (Å²) in [5, 5.41) is 14.0. The minimum Gasteiger partial charge on any atom is -0.508 e. The monoisotopic (exact) mass is 511 g/mol. The first-order chi connectivity index (χ1) is 18.2. The maximum absolute atomic E-state index is 13.2. The van der Waals surface area contributed by atoms with Gasteiger partial charge in [-0.3, -0.25) is 9.59 Å². The van der Waals surface area contributed by atoms with Crippen molar-refractivity contribution < 1.29 is 19.1 Å². The van der Waals surface area contributed by atoms with Crippen LogP contribution in [0.1, 0.15) is 53.0 Å². The standard InChI is InChI=1S/C31H33N3O4/c1-18-12-23(36)13-19(2)25(18)17-27(32)31(37)33-28-10-11-34(20(3)35)29-9-8-21(15-26(28)29)14-24-16-22-6-4-5-7-30(22)38-24/h4-9,12-13,15-16,27-28,36H,10-11,14,17,32H2,1-3H3,(H,33,37)/t27-,28+/m0/s1. The van der Waals surface area contributed by atoms with Gasteiger partial charge < -0.3 is 25.5 Å². The molecule has 4 aromatic rings. The predicted molar refractivity (Wildman–Crippen MR) is 148 cm³/mol. The molecule has 196 valence electrons. The number of hydrogen-bond acceptors (Lipinski definition) is 5. The summed E-state index contributed by atoms with van der Waals surface area (Å²) in [6.45, 7) is 5.89. The number of benzene rings is 3. The average molecular weight is 512 g/mol. The number of hydrogen-bond donors (Lipinski definition) is 3. The van der Waals surface area contributed by atoms with Crippen molar-refractivity contribution in [2.45, 2.75) is 52.1 Å². The van der Waals surface area contributed by atoms with Crippen molar-refractivity contribution in [2.75, 3.05) is 11.4 Å². The highest BCUT2D eigenvalue weighted by molar-refractivity contribution is 5.93. The van der Waals surface area contributed by atoms with Crippen molar-refractivity contribution in [1.82, 2.24) is 5.32 Å². The third-order valence-electron chi connectivity index (χ3n) is 7.39. The summed E-state index contributed by atoms with van der Waals surface area (Å²) in [6.07, 6.45) is 1.56. The molecule has 38 heavy (non-hydrogen) atoms. The van der Waals surface area contributed by atoms with E-state index >= 15 is 0 Å². The number of aromatic hydroxyl groups is 1. The number of carbonyl (C=O) groups excluding carboxylic acids is 2. The highest BCUT2D eigenvalue weighted by Gasteiger charge is 2.30. The first kappa shape index (κ1) is 25.5. The van der Waals surface area contributed by atoms with E-state index in [9.17, 15) is 14.7 Å². The van der Waals surface area contributed by atoms with Crippen LogP contribution < -0.4 is 16.0 Å². The number of amides is 2. The van der Waals surface area contributed by atoms with Gasteiger partial charge in [0.25, 0.3) is 0 Å². The number of aryl methyl sites for hydroxylation is 2. The number of phenols is 1. The zero-order chi connectivity index (χ0) is 27.0. The number of rotatable bonds is 6. The molecule has 0 radical (unpaired) electrons.